The average molecular weight is 301 g/mol. The van der Waals surface area contributed by atoms with Crippen LogP contribution in [0.4, 0.5) is 0 Å². The molecule has 2 aliphatic rings. The van der Waals surface area contributed by atoms with Gasteiger partial charge in [0.15, 0.2) is 0 Å². The zero-order valence-corrected chi connectivity index (χ0v) is 12.8. The first kappa shape index (κ1) is 14.9. The van der Waals surface area contributed by atoms with Gasteiger partial charge in [-0.1, -0.05) is 12.1 Å². The Morgan fingerprint density at radius 1 is 1.32 bits per heavy atom. The van der Waals surface area contributed by atoms with Crippen LogP contribution in [0, 0.1) is 0 Å². The van der Waals surface area contributed by atoms with E-state index in [0.29, 0.717) is 30.4 Å². The lowest BCUT2D eigenvalue weighted by atomic mass is 10.1. The molecule has 0 bridgehead atoms. The summed E-state index contributed by atoms with van der Waals surface area (Å²) < 4.78 is 10.7. The van der Waals surface area contributed by atoms with Crippen molar-refractivity contribution in [2.45, 2.75) is 12.5 Å². The van der Waals surface area contributed by atoms with Gasteiger partial charge in [-0.3, -0.25) is 9.69 Å². The number of fused-ring (bicyclic) bond motifs is 3. The van der Waals surface area contributed by atoms with Crippen molar-refractivity contribution < 1.29 is 14.3 Å². The number of carbonyl (C=O) groups excluding carboxylic acids is 1. The zero-order valence-electron chi connectivity index (χ0n) is 12.8. The summed E-state index contributed by atoms with van der Waals surface area (Å²) >= 11 is 0. The quantitative estimate of drug-likeness (QED) is 0.739. The summed E-state index contributed by atoms with van der Waals surface area (Å²) in [5.74, 6) is 0.961. The molecule has 0 spiro atoms. The van der Waals surface area contributed by atoms with Gasteiger partial charge in [-0.2, -0.15) is 4.99 Å². The molecule has 0 aromatic heterocycles. The summed E-state index contributed by atoms with van der Waals surface area (Å²) in [7, 11) is 3.67. The van der Waals surface area contributed by atoms with Gasteiger partial charge < -0.3 is 9.47 Å². The average Bonchev–Trinajstić information content (AvgIpc) is 2.87. The molecular weight excluding hydrogens is 282 g/mol. The highest BCUT2D eigenvalue weighted by atomic mass is 16.5. The third kappa shape index (κ3) is 2.93. The number of carbonyl (C=O) groups is 1. The second kappa shape index (κ2) is 6.37. The molecule has 3 rings (SSSR count). The number of nitrogens with zero attached hydrogens (tertiary/aromatic N) is 3. The van der Waals surface area contributed by atoms with Crippen LogP contribution in [0.25, 0.3) is 0 Å². The number of aliphatic imine (C=N–C) groups is 2. The molecule has 2 heterocycles. The van der Waals surface area contributed by atoms with E-state index in [9.17, 15) is 4.79 Å². The predicted octanol–water partition coefficient (Wildman–Crippen LogP) is 1.14. The van der Waals surface area contributed by atoms with E-state index in [1.165, 1.54) is 0 Å². The Bertz CT molecular complexity index is 639. The molecule has 1 aromatic rings. The molecule has 1 amide bonds. The summed E-state index contributed by atoms with van der Waals surface area (Å²) in [6, 6.07) is 7.57. The maximum atomic E-state index is 12.2. The van der Waals surface area contributed by atoms with Crippen molar-refractivity contribution in [2.24, 2.45) is 9.98 Å². The summed E-state index contributed by atoms with van der Waals surface area (Å²) in [6.45, 7) is 2.11. The number of rotatable bonds is 6. The Morgan fingerprint density at radius 2 is 2.14 bits per heavy atom. The van der Waals surface area contributed by atoms with Gasteiger partial charge in [-0.25, -0.2) is 4.99 Å². The number of hydrogen-bond donors (Lipinski definition) is 0. The Morgan fingerprint density at radius 3 is 2.95 bits per heavy atom. The fourth-order valence-corrected chi connectivity index (χ4v) is 2.61. The first-order valence-corrected chi connectivity index (χ1v) is 7.32. The van der Waals surface area contributed by atoms with E-state index >= 15 is 0 Å². The molecule has 0 aliphatic carbocycles. The fourth-order valence-electron chi connectivity index (χ4n) is 2.61. The molecule has 6 heteroatoms. The molecule has 6 nitrogen and oxygen atoms in total. The Kier molecular flexibility index (Phi) is 4.31. The molecule has 0 saturated carbocycles. The second-order valence-corrected chi connectivity index (χ2v) is 5.44. The number of likely N-dealkylation sites (N-methyl/N-ethyl adjacent to an activating group) is 1. The number of ether oxygens (including phenoxy) is 2. The molecule has 0 fully saturated rings. The van der Waals surface area contributed by atoms with E-state index in [2.05, 4.69) is 14.9 Å². The van der Waals surface area contributed by atoms with Gasteiger partial charge >= 0.3 is 0 Å². The molecule has 1 atom stereocenters. The van der Waals surface area contributed by atoms with Gasteiger partial charge in [0, 0.05) is 25.8 Å². The number of para-hydroxylation sites is 1. The molecule has 0 saturated heterocycles. The van der Waals surface area contributed by atoms with Crippen LogP contribution < -0.4 is 4.74 Å². The monoisotopic (exact) mass is 301 g/mol. The van der Waals surface area contributed by atoms with Crippen molar-refractivity contribution in [3.63, 3.8) is 0 Å². The molecular formula is C16H19N3O3. The molecule has 116 valence electrons. The van der Waals surface area contributed by atoms with Gasteiger partial charge in [0.1, 0.15) is 17.3 Å². The molecule has 1 aromatic carbocycles. The second-order valence-electron chi connectivity index (χ2n) is 5.44. The zero-order chi connectivity index (χ0) is 15.5. The minimum absolute atomic E-state index is 0.276. The predicted molar refractivity (Wildman–Crippen MR) is 83.8 cm³/mol. The van der Waals surface area contributed by atoms with Gasteiger partial charge in [0.05, 0.1) is 6.54 Å². The summed E-state index contributed by atoms with van der Waals surface area (Å²) in [6.07, 6.45) is 0.249. The Balaban J connectivity index is 1.74. The standard InChI is InChI=1S/C16H19N3O3/c1-19(8-5-9-21-2)10-13-17-14-11-6-3-4-7-12(11)22-15(14)16(20)18-13/h3-4,6-7,15H,5,8-10H2,1-2H3. The number of amidine groups is 1. The third-order valence-electron chi connectivity index (χ3n) is 3.67. The van der Waals surface area contributed by atoms with E-state index in [-0.39, 0.29) is 5.91 Å². The van der Waals surface area contributed by atoms with E-state index in [1.54, 1.807) is 7.11 Å². The van der Waals surface area contributed by atoms with Crippen molar-refractivity contribution in [1.29, 1.82) is 0 Å². The van der Waals surface area contributed by atoms with Crippen LogP contribution in [0.1, 0.15) is 12.0 Å². The van der Waals surface area contributed by atoms with Crippen molar-refractivity contribution >= 4 is 17.5 Å². The highest BCUT2D eigenvalue weighted by molar-refractivity contribution is 6.26. The highest BCUT2D eigenvalue weighted by Gasteiger charge is 2.38. The number of methoxy groups -OCH3 is 1. The van der Waals surface area contributed by atoms with E-state index in [4.69, 9.17) is 9.47 Å². The third-order valence-corrected chi connectivity index (χ3v) is 3.67. The fraction of sp³-hybridized carbons (Fsp3) is 0.438. The van der Waals surface area contributed by atoms with Crippen molar-refractivity contribution in [3.8, 4) is 5.75 Å². The first-order valence-electron chi connectivity index (χ1n) is 7.32. The summed E-state index contributed by atoms with van der Waals surface area (Å²) in [5, 5.41) is 0. The maximum Gasteiger partial charge on any atom is 0.294 e. The summed E-state index contributed by atoms with van der Waals surface area (Å²) in [4.78, 5) is 22.9. The lowest BCUT2D eigenvalue weighted by molar-refractivity contribution is -0.121. The topological polar surface area (TPSA) is 63.5 Å². The smallest absolute Gasteiger partial charge is 0.294 e. The van der Waals surface area contributed by atoms with Gasteiger partial charge in [0.2, 0.25) is 6.10 Å². The van der Waals surface area contributed by atoms with Crippen LogP contribution in [0.15, 0.2) is 34.3 Å². The number of amides is 1. The van der Waals surface area contributed by atoms with Crippen LogP contribution in [0.5, 0.6) is 5.75 Å². The van der Waals surface area contributed by atoms with Gasteiger partial charge in [-0.05, 0) is 25.6 Å². The minimum atomic E-state index is -0.681. The van der Waals surface area contributed by atoms with Crippen LogP contribution >= 0.6 is 0 Å². The van der Waals surface area contributed by atoms with E-state index in [0.717, 1.165) is 18.5 Å². The summed E-state index contributed by atoms with van der Waals surface area (Å²) in [5.41, 5.74) is 1.56. The SMILES string of the molecule is COCCCN(C)CC1=NC(=O)C2Oc3ccccc3C2=N1. The van der Waals surface area contributed by atoms with Gasteiger partial charge in [0.25, 0.3) is 5.91 Å². The van der Waals surface area contributed by atoms with Crippen LogP contribution in [-0.4, -0.2) is 62.3 Å². The highest BCUT2D eigenvalue weighted by Crippen LogP contribution is 2.31. The molecule has 2 aliphatic heterocycles. The molecule has 1 unspecified atom stereocenters. The van der Waals surface area contributed by atoms with E-state index in [1.807, 2.05) is 31.3 Å². The Hall–Kier alpha value is -2.05. The van der Waals surface area contributed by atoms with E-state index < -0.39 is 6.10 Å². The maximum absolute atomic E-state index is 12.2. The normalized spacial score (nSPS) is 19.4. The number of hydrogen-bond acceptors (Lipinski definition) is 5. The van der Waals surface area contributed by atoms with Crippen molar-refractivity contribution in [3.05, 3.63) is 29.8 Å². The largest absolute Gasteiger partial charge is 0.473 e. The van der Waals surface area contributed by atoms with Crippen molar-refractivity contribution in [1.82, 2.24) is 4.90 Å². The minimum Gasteiger partial charge on any atom is -0.473 e. The molecule has 22 heavy (non-hydrogen) atoms. The van der Waals surface area contributed by atoms with Gasteiger partial charge in [-0.15, -0.1) is 0 Å². The molecule has 0 N–H and O–H groups in total. The lowest BCUT2D eigenvalue weighted by Crippen LogP contribution is -2.37. The number of benzene rings is 1. The Labute approximate surface area is 129 Å². The lowest BCUT2D eigenvalue weighted by Gasteiger charge is -2.19. The van der Waals surface area contributed by atoms with Crippen LogP contribution in [0.3, 0.4) is 0 Å². The van der Waals surface area contributed by atoms with Crippen LogP contribution in [-0.2, 0) is 9.53 Å². The molecule has 0 radical (unpaired) electrons. The van der Waals surface area contributed by atoms with Crippen molar-refractivity contribution in [2.75, 3.05) is 33.9 Å². The van der Waals surface area contributed by atoms with Crippen LogP contribution in [0.2, 0.25) is 0 Å². The first-order chi connectivity index (χ1) is 10.7.